The number of fused-ring (bicyclic) bond motifs is 10. The van der Waals surface area contributed by atoms with E-state index in [2.05, 4.69) is 210 Å². The third-order valence-corrected chi connectivity index (χ3v) is 16.9. The molecule has 63 heavy (non-hydrogen) atoms. The van der Waals surface area contributed by atoms with Crippen LogP contribution in [0.25, 0.3) is 22.3 Å². The highest BCUT2D eigenvalue weighted by molar-refractivity contribution is 7.00. The molecule has 2 unspecified atom stereocenters. The monoisotopic (exact) mass is 827 g/mol. The maximum atomic E-state index is 2.90. The lowest BCUT2D eigenvalue weighted by atomic mass is 9.33. The molecule has 2 nitrogen and oxygen atoms in total. The van der Waals surface area contributed by atoms with Crippen molar-refractivity contribution < 1.29 is 0 Å². The minimum atomic E-state index is -0.155. The van der Waals surface area contributed by atoms with E-state index in [1.54, 1.807) is 5.56 Å². The number of aryl methyl sites for hydroxylation is 1. The molecule has 1 fully saturated rings. The van der Waals surface area contributed by atoms with Crippen molar-refractivity contribution in [3.8, 4) is 22.3 Å². The Bertz CT molecular complexity index is 2930. The fourth-order valence-corrected chi connectivity index (χ4v) is 12.9. The second-order valence-electron chi connectivity index (χ2n) is 24.3. The molecule has 0 bridgehead atoms. The first-order valence-corrected chi connectivity index (χ1v) is 24.0. The van der Waals surface area contributed by atoms with E-state index in [0.29, 0.717) is 0 Å². The number of anilines is 5. The average Bonchev–Trinajstić information content (AvgIpc) is 3.57. The Morgan fingerprint density at radius 3 is 1.83 bits per heavy atom. The van der Waals surface area contributed by atoms with E-state index in [1.165, 1.54) is 126 Å². The van der Waals surface area contributed by atoms with E-state index in [0.717, 1.165) is 0 Å². The Labute approximate surface area is 379 Å². The maximum Gasteiger partial charge on any atom is 0.252 e. The lowest BCUT2D eigenvalue weighted by Gasteiger charge is -2.53. The molecule has 6 aromatic rings. The van der Waals surface area contributed by atoms with Crippen molar-refractivity contribution in [1.29, 1.82) is 0 Å². The Balaban J connectivity index is 1.29. The summed E-state index contributed by atoms with van der Waals surface area (Å²) < 4.78 is 0. The summed E-state index contributed by atoms with van der Waals surface area (Å²) in [6.07, 6.45) is 4.97. The molecule has 11 rings (SSSR count). The number of rotatable bonds is 2. The lowest BCUT2D eigenvalue weighted by molar-refractivity contribution is 0.195. The van der Waals surface area contributed by atoms with Crippen molar-refractivity contribution in [3.63, 3.8) is 0 Å². The van der Waals surface area contributed by atoms with E-state index in [4.69, 9.17) is 0 Å². The van der Waals surface area contributed by atoms with Gasteiger partial charge in [-0.15, -0.1) is 0 Å². The van der Waals surface area contributed by atoms with Gasteiger partial charge in [0.25, 0.3) is 6.71 Å². The molecule has 6 aromatic carbocycles. The van der Waals surface area contributed by atoms with Gasteiger partial charge in [0.1, 0.15) is 0 Å². The number of benzene rings is 6. The van der Waals surface area contributed by atoms with Gasteiger partial charge in [0.2, 0.25) is 0 Å². The molecule has 0 N–H and O–H groups in total. The van der Waals surface area contributed by atoms with Crippen LogP contribution in [0.3, 0.4) is 0 Å². The largest absolute Gasteiger partial charge is 0.335 e. The minimum Gasteiger partial charge on any atom is -0.335 e. The van der Waals surface area contributed by atoms with E-state index >= 15 is 0 Å². The second-order valence-corrected chi connectivity index (χ2v) is 24.3. The van der Waals surface area contributed by atoms with Crippen LogP contribution in [-0.4, -0.2) is 12.3 Å². The van der Waals surface area contributed by atoms with E-state index in [9.17, 15) is 0 Å². The van der Waals surface area contributed by atoms with Crippen LogP contribution in [0.2, 0.25) is 0 Å². The van der Waals surface area contributed by atoms with Gasteiger partial charge in [-0.3, -0.25) is 0 Å². The molecule has 3 aliphatic heterocycles. The normalized spacial score (nSPS) is 21.4. The van der Waals surface area contributed by atoms with Gasteiger partial charge in [-0.1, -0.05) is 169 Å². The topological polar surface area (TPSA) is 6.48 Å². The molecule has 2 aliphatic carbocycles. The second kappa shape index (κ2) is 12.8. The van der Waals surface area contributed by atoms with Gasteiger partial charge in [-0.25, -0.2) is 0 Å². The van der Waals surface area contributed by atoms with Crippen molar-refractivity contribution in [2.75, 3.05) is 9.80 Å². The summed E-state index contributed by atoms with van der Waals surface area (Å²) in [5.74, 6) is 0. The van der Waals surface area contributed by atoms with Gasteiger partial charge in [0, 0.05) is 39.1 Å². The van der Waals surface area contributed by atoms with E-state index in [1.807, 2.05) is 0 Å². The van der Waals surface area contributed by atoms with Crippen LogP contribution < -0.4 is 26.2 Å². The van der Waals surface area contributed by atoms with Gasteiger partial charge < -0.3 is 9.80 Å². The van der Waals surface area contributed by atoms with Crippen LogP contribution in [0.1, 0.15) is 155 Å². The van der Waals surface area contributed by atoms with Crippen molar-refractivity contribution >= 4 is 51.5 Å². The average molecular weight is 827 g/mol. The molecule has 320 valence electrons. The highest BCUT2D eigenvalue weighted by atomic mass is 15.3. The summed E-state index contributed by atoms with van der Waals surface area (Å²) in [5, 5.41) is 0. The zero-order valence-corrected chi connectivity index (χ0v) is 40.6. The van der Waals surface area contributed by atoms with Crippen LogP contribution in [0.15, 0.2) is 103 Å². The maximum absolute atomic E-state index is 2.90. The zero-order chi connectivity index (χ0) is 44.6. The molecule has 0 aromatic heterocycles. The van der Waals surface area contributed by atoms with Gasteiger partial charge in [-0.2, -0.15) is 0 Å². The SMILES string of the molecule is Cc1cc2c3c(c1)N1c4c(cc(C(C)(C)C)cc4C4(C)CCCCC14C)B3c1cc3c(cc1N2c1ccc(C(C)(C)C)cc1-c1ccccc1)-c1ccc(C(C)(C)C)cc1C3(C)C. The first-order valence-electron chi connectivity index (χ1n) is 24.0. The third-order valence-electron chi connectivity index (χ3n) is 16.9. The Morgan fingerprint density at radius 2 is 1.13 bits per heavy atom. The Kier molecular flexibility index (Phi) is 8.30. The first-order chi connectivity index (χ1) is 29.5. The van der Waals surface area contributed by atoms with Crippen LogP contribution in [0.5, 0.6) is 0 Å². The van der Waals surface area contributed by atoms with Gasteiger partial charge in [0.15, 0.2) is 0 Å². The summed E-state index contributed by atoms with van der Waals surface area (Å²) in [6.45, 7) is 34.0. The van der Waals surface area contributed by atoms with Gasteiger partial charge >= 0.3 is 0 Å². The molecule has 0 saturated heterocycles. The molecule has 3 heterocycles. The molecule has 0 spiro atoms. The van der Waals surface area contributed by atoms with Gasteiger partial charge in [0.05, 0.1) is 11.2 Å². The summed E-state index contributed by atoms with van der Waals surface area (Å²) >= 11 is 0. The molecule has 2 atom stereocenters. The summed E-state index contributed by atoms with van der Waals surface area (Å²) in [4.78, 5) is 5.61. The predicted octanol–water partition coefficient (Wildman–Crippen LogP) is 14.2. The van der Waals surface area contributed by atoms with Crippen LogP contribution >= 0.6 is 0 Å². The molecule has 0 amide bonds. The minimum absolute atomic E-state index is 0.00150. The predicted molar refractivity (Wildman–Crippen MR) is 272 cm³/mol. The van der Waals surface area contributed by atoms with Crippen LogP contribution in [0, 0.1) is 6.92 Å². The molecular formula is C60H67BN2. The first kappa shape index (κ1) is 40.7. The van der Waals surface area contributed by atoms with Crippen molar-refractivity contribution in [2.45, 2.75) is 155 Å². The van der Waals surface area contributed by atoms with Crippen LogP contribution in [0.4, 0.5) is 28.4 Å². The fraction of sp³-hybridized carbons (Fsp3) is 0.400. The standard InChI is InChI=1S/C60H67BN2/c1-36-28-51-53-52(29-36)63-54-46(59(13)26-18-19-27-60(59,63)14)32-40(57(8,9)10)33-48(54)61(53)47-35-45-43(41-24-22-39(56(5,6)7)31-44(41)58(45,11)12)34-50(47)62(51)49-25-23-38(55(2,3)4)30-42(49)37-20-16-15-17-21-37/h15-17,20-25,28-35H,18-19,26-27H2,1-14H3. The number of hydrogen-bond donors (Lipinski definition) is 0. The van der Waals surface area contributed by atoms with Gasteiger partial charge in [-0.05, 0) is 145 Å². The summed E-state index contributed by atoms with van der Waals surface area (Å²) in [6, 6.07) is 41.6. The molecule has 5 aliphatic rings. The number of hydrogen-bond acceptors (Lipinski definition) is 2. The van der Waals surface area contributed by atoms with Crippen molar-refractivity contribution in [2.24, 2.45) is 0 Å². The summed E-state index contributed by atoms with van der Waals surface area (Å²) in [7, 11) is 0. The third kappa shape index (κ3) is 5.50. The molecule has 1 saturated carbocycles. The summed E-state index contributed by atoms with van der Waals surface area (Å²) in [5.41, 5.74) is 26.4. The number of nitrogens with zero attached hydrogens (tertiary/aromatic N) is 2. The van der Waals surface area contributed by atoms with E-state index in [-0.39, 0.29) is 39.3 Å². The quantitative estimate of drug-likeness (QED) is 0.160. The Hall–Kier alpha value is -5.02. The zero-order valence-electron chi connectivity index (χ0n) is 40.6. The smallest absolute Gasteiger partial charge is 0.252 e. The van der Waals surface area contributed by atoms with Crippen molar-refractivity contribution in [1.82, 2.24) is 0 Å². The van der Waals surface area contributed by atoms with E-state index < -0.39 is 0 Å². The molecule has 0 radical (unpaired) electrons. The van der Waals surface area contributed by atoms with Crippen molar-refractivity contribution in [3.05, 3.63) is 142 Å². The molecule has 3 heteroatoms. The molecular weight excluding hydrogens is 759 g/mol. The lowest BCUT2D eigenvalue weighted by Crippen LogP contribution is -2.64. The highest BCUT2D eigenvalue weighted by Crippen LogP contribution is 2.63. The Morgan fingerprint density at radius 1 is 0.508 bits per heavy atom. The van der Waals surface area contributed by atoms with Crippen LogP contribution in [-0.2, 0) is 27.1 Å². The fourth-order valence-electron chi connectivity index (χ4n) is 12.9. The highest BCUT2D eigenvalue weighted by Gasteiger charge is 2.62.